The van der Waals surface area contributed by atoms with Crippen LogP contribution in [-0.4, -0.2) is 27.7 Å². The van der Waals surface area contributed by atoms with E-state index in [1.54, 1.807) is 18.7 Å². The molecule has 0 aromatic carbocycles. The molecule has 0 spiro atoms. The summed E-state index contributed by atoms with van der Waals surface area (Å²) in [6.45, 7) is 4.13. The van der Waals surface area contributed by atoms with Crippen molar-refractivity contribution in [2.75, 3.05) is 12.4 Å². The SMILES string of the molecule is CCOC(=O)c1nc2ccc(C3(C#N)CC3)cn2c1SCC. The highest BCUT2D eigenvalue weighted by Gasteiger charge is 2.45. The second-order valence-electron chi connectivity index (χ2n) is 5.26. The number of hydrogen-bond donors (Lipinski definition) is 0. The Bertz CT molecular complexity index is 772. The molecule has 1 fully saturated rings. The van der Waals surface area contributed by atoms with Crippen molar-refractivity contribution in [3.05, 3.63) is 29.6 Å². The lowest BCUT2D eigenvalue weighted by molar-refractivity contribution is 0.0515. The minimum atomic E-state index is -0.398. The first kappa shape index (κ1) is 14.9. The number of fused-ring (bicyclic) bond motifs is 1. The van der Waals surface area contributed by atoms with Gasteiger partial charge in [0.15, 0.2) is 5.69 Å². The molecule has 0 atom stereocenters. The number of rotatable bonds is 5. The van der Waals surface area contributed by atoms with E-state index in [1.165, 1.54) is 0 Å². The Kier molecular flexibility index (Phi) is 3.83. The van der Waals surface area contributed by atoms with Gasteiger partial charge in [-0.25, -0.2) is 9.78 Å². The quantitative estimate of drug-likeness (QED) is 0.626. The molecule has 1 aliphatic carbocycles. The number of ether oxygens (including phenoxy) is 1. The molecule has 114 valence electrons. The van der Waals surface area contributed by atoms with E-state index in [9.17, 15) is 10.1 Å². The first-order valence-electron chi connectivity index (χ1n) is 7.39. The lowest BCUT2D eigenvalue weighted by atomic mass is 10.00. The second kappa shape index (κ2) is 5.65. The van der Waals surface area contributed by atoms with Crippen LogP contribution in [0.3, 0.4) is 0 Å². The van der Waals surface area contributed by atoms with E-state index in [2.05, 4.69) is 11.1 Å². The smallest absolute Gasteiger partial charge is 0.359 e. The lowest BCUT2D eigenvalue weighted by Gasteiger charge is -2.08. The van der Waals surface area contributed by atoms with E-state index in [4.69, 9.17) is 4.74 Å². The first-order chi connectivity index (χ1) is 10.6. The minimum Gasteiger partial charge on any atom is -0.461 e. The zero-order valence-corrected chi connectivity index (χ0v) is 13.4. The van der Waals surface area contributed by atoms with Crippen LogP contribution in [0.1, 0.15) is 42.7 Å². The van der Waals surface area contributed by atoms with Gasteiger partial charge in [0.1, 0.15) is 10.7 Å². The number of carbonyl (C=O) groups is 1. The van der Waals surface area contributed by atoms with Gasteiger partial charge in [-0.15, -0.1) is 11.8 Å². The summed E-state index contributed by atoms with van der Waals surface area (Å²) in [5.74, 6) is 0.429. The fourth-order valence-corrected chi connectivity index (χ4v) is 3.33. The van der Waals surface area contributed by atoms with Crippen molar-refractivity contribution in [2.45, 2.75) is 37.1 Å². The third-order valence-electron chi connectivity index (χ3n) is 3.84. The van der Waals surface area contributed by atoms with Crippen LogP contribution in [0.4, 0.5) is 0 Å². The maximum absolute atomic E-state index is 12.1. The monoisotopic (exact) mass is 315 g/mol. The maximum Gasteiger partial charge on any atom is 0.359 e. The molecule has 0 N–H and O–H groups in total. The normalized spacial score (nSPS) is 15.5. The molecular weight excluding hydrogens is 298 g/mol. The van der Waals surface area contributed by atoms with Crippen LogP contribution in [0.5, 0.6) is 0 Å². The predicted octanol–water partition coefficient (Wildman–Crippen LogP) is 3.18. The fourth-order valence-electron chi connectivity index (χ4n) is 2.50. The molecule has 3 rings (SSSR count). The van der Waals surface area contributed by atoms with Gasteiger partial charge in [-0.1, -0.05) is 13.0 Å². The number of nitriles is 1. The highest BCUT2D eigenvalue weighted by Crippen LogP contribution is 2.47. The molecule has 0 saturated heterocycles. The molecule has 0 unspecified atom stereocenters. The van der Waals surface area contributed by atoms with Crippen molar-refractivity contribution >= 4 is 23.4 Å². The molecule has 5 nitrogen and oxygen atoms in total. The topological polar surface area (TPSA) is 67.4 Å². The molecule has 1 aliphatic rings. The summed E-state index contributed by atoms with van der Waals surface area (Å²) in [6, 6.07) is 6.21. The summed E-state index contributed by atoms with van der Waals surface area (Å²) in [5, 5.41) is 10.1. The van der Waals surface area contributed by atoms with E-state index >= 15 is 0 Å². The zero-order chi connectivity index (χ0) is 15.7. The Morgan fingerprint density at radius 2 is 2.27 bits per heavy atom. The van der Waals surface area contributed by atoms with Crippen LogP contribution in [0.15, 0.2) is 23.4 Å². The van der Waals surface area contributed by atoms with Crippen molar-refractivity contribution in [3.63, 3.8) is 0 Å². The van der Waals surface area contributed by atoms with E-state index in [0.29, 0.717) is 17.9 Å². The van der Waals surface area contributed by atoms with E-state index in [-0.39, 0.29) is 5.41 Å². The van der Waals surface area contributed by atoms with Crippen LogP contribution in [-0.2, 0) is 10.2 Å². The first-order valence-corrected chi connectivity index (χ1v) is 8.37. The molecule has 1 saturated carbocycles. The summed E-state index contributed by atoms with van der Waals surface area (Å²) in [5.41, 5.74) is 1.70. The fraction of sp³-hybridized carbons (Fsp3) is 0.438. The number of imidazole rings is 1. The van der Waals surface area contributed by atoms with Crippen LogP contribution < -0.4 is 0 Å². The Morgan fingerprint density at radius 1 is 1.50 bits per heavy atom. The number of aromatic nitrogens is 2. The molecule has 6 heteroatoms. The van der Waals surface area contributed by atoms with Gasteiger partial charge in [-0.2, -0.15) is 5.26 Å². The average Bonchev–Trinajstić information content (AvgIpc) is 3.25. The number of hydrogen-bond acceptors (Lipinski definition) is 5. The second-order valence-corrected chi connectivity index (χ2v) is 6.51. The highest BCUT2D eigenvalue weighted by atomic mass is 32.2. The van der Waals surface area contributed by atoms with Gasteiger partial charge in [0.05, 0.1) is 18.1 Å². The van der Waals surface area contributed by atoms with Crippen LogP contribution >= 0.6 is 11.8 Å². The summed E-state index contributed by atoms with van der Waals surface area (Å²) < 4.78 is 7.00. The van der Waals surface area contributed by atoms with Crippen LogP contribution in [0, 0.1) is 11.3 Å². The van der Waals surface area contributed by atoms with Crippen molar-refractivity contribution in [2.24, 2.45) is 0 Å². The van der Waals surface area contributed by atoms with Crippen molar-refractivity contribution < 1.29 is 9.53 Å². The summed E-state index contributed by atoms with van der Waals surface area (Å²) in [6.07, 6.45) is 3.73. The summed E-state index contributed by atoms with van der Waals surface area (Å²) in [4.78, 5) is 16.5. The molecule has 0 radical (unpaired) electrons. The minimum absolute atomic E-state index is 0.325. The molecule has 2 heterocycles. The number of nitrogens with zero attached hydrogens (tertiary/aromatic N) is 3. The number of esters is 1. The summed E-state index contributed by atoms with van der Waals surface area (Å²) in [7, 11) is 0. The maximum atomic E-state index is 12.1. The van der Waals surface area contributed by atoms with Gasteiger partial charge >= 0.3 is 5.97 Å². The highest BCUT2D eigenvalue weighted by molar-refractivity contribution is 7.99. The van der Waals surface area contributed by atoms with E-state index in [1.807, 2.05) is 29.7 Å². The van der Waals surface area contributed by atoms with Gasteiger partial charge in [-0.3, -0.25) is 4.40 Å². The van der Waals surface area contributed by atoms with Crippen molar-refractivity contribution in [3.8, 4) is 6.07 Å². The summed E-state index contributed by atoms with van der Waals surface area (Å²) >= 11 is 1.56. The number of pyridine rings is 1. The molecule has 2 aromatic heterocycles. The molecule has 2 aromatic rings. The van der Waals surface area contributed by atoms with Crippen LogP contribution in [0.25, 0.3) is 5.65 Å². The zero-order valence-electron chi connectivity index (χ0n) is 12.6. The Labute approximate surface area is 133 Å². The third kappa shape index (κ3) is 2.35. The largest absolute Gasteiger partial charge is 0.461 e. The Balaban J connectivity index is 2.13. The lowest BCUT2D eigenvalue weighted by Crippen LogP contribution is -2.07. The van der Waals surface area contributed by atoms with Gasteiger partial charge in [0.25, 0.3) is 0 Å². The Morgan fingerprint density at radius 3 is 2.86 bits per heavy atom. The number of carbonyl (C=O) groups excluding carboxylic acids is 1. The van der Waals surface area contributed by atoms with Gasteiger partial charge in [-0.05, 0) is 37.1 Å². The molecular formula is C16H17N3O2S. The molecule has 0 aliphatic heterocycles. The molecule has 0 bridgehead atoms. The van der Waals surface area contributed by atoms with Crippen LogP contribution in [0.2, 0.25) is 0 Å². The van der Waals surface area contributed by atoms with E-state index < -0.39 is 5.97 Å². The average molecular weight is 315 g/mol. The molecule has 0 amide bonds. The van der Waals surface area contributed by atoms with E-state index in [0.717, 1.165) is 29.2 Å². The Hall–Kier alpha value is -2.00. The van der Waals surface area contributed by atoms with Gasteiger partial charge in [0.2, 0.25) is 0 Å². The standard InChI is InChI=1S/C16H17N3O2S/c1-3-21-15(20)13-14(22-4-2)19-9-11(5-6-12(19)18-13)16(10-17)7-8-16/h5-6,9H,3-4,7-8H2,1-2H3. The van der Waals surface area contributed by atoms with Gasteiger partial charge < -0.3 is 4.74 Å². The van der Waals surface area contributed by atoms with Crippen molar-refractivity contribution in [1.82, 2.24) is 9.38 Å². The molecule has 22 heavy (non-hydrogen) atoms. The van der Waals surface area contributed by atoms with Gasteiger partial charge in [0, 0.05) is 6.20 Å². The van der Waals surface area contributed by atoms with Crippen molar-refractivity contribution in [1.29, 1.82) is 5.26 Å². The predicted molar refractivity (Wildman–Crippen MR) is 84.1 cm³/mol. The number of thioether (sulfide) groups is 1. The third-order valence-corrected chi connectivity index (χ3v) is 4.79.